The maximum atomic E-state index is 14.2. The molecule has 0 saturated heterocycles. The van der Waals surface area contributed by atoms with Crippen LogP contribution >= 0.6 is 0 Å². The molecule has 0 amide bonds. The lowest BCUT2D eigenvalue weighted by Crippen LogP contribution is -2.33. The lowest BCUT2D eigenvalue weighted by Gasteiger charge is -2.29. The number of rotatable bonds is 9. The van der Waals surface area contributed by atoms with Gasteiger partial charge < -0.3 is 19.4 Å². The number of carboxylic acid groups (broad SMARTS) is 1. The standard InChI is InChI=1S/C27H26FNO6/c28-21-11-12-25(33-15-5-10-26(30)31)23(16-21)22-9-4-8-20-13-14-29(17-24(20)22)35-27(32)34-18-19-6-2-1-3-7-19/h1-4,6-9,11-12,16H,5,10,13-15,17-18H2,(H,30,31). The van der Waals surface area contributed by atoms with Gasteiger partial charge in [-0.3, -0.25) is 4.79 Å². The van der Waals surface area contributed by atoms with E-state index in [0.717, 1.165) is 22.3 Å². The number of hydrogen-bond acceptors (Lipinski definition) is 6. The Bertz CT molecular complexity index is 1180. The molecule has 182 valence electrons. The molecule has 0 aromatic heterocycles. The first-order chi connectivity index (χ1) is 17.0. The molecule has 0 bridgehead atoms. The lowest BCUT2D eigenvalue weighted by atomic mass is 9.91. The van der Waals surface area contributed by atoms with Crippen molar-refractivity contribution in [3.63, 3.8) is 0 Å². The summed E-state index contributed by atoms with van der Waals surface area (Å²) in [5.74, 6) is -0.846. The highest BCUT2D eigenvalue weighted by molar-refractivity contribution is 5.75. The number of carbonyl (C=O) groups is 2. The van der Waals surface area contributed by atoms with Gasteiger partial charge in [0.1, 0.15) is 18.2 Å². The molecule has 0 unspecified atom stereocenters. The highest BCUT2D eigenvalue weighted by atomic mass is 19.1. The van der Waals surface area contributed by atoms with Crippen LogP contribution in [0.4, 0.5) is 9.18 Å². The van der Waals surface area contributed by atoms with Crippen LogP contribution in [0, 0.1) is 5.82 Å². The summed E-state index contributed by atoms with van der Waals surface area (Å²) in [6.07, 6.45) is 0.178. The summed E-state index contributed by atoms with van der Waals surface area (Å²) >= 11 is 0. The van der Waals surface area contributed by atoms with Crippen LogP contribution < -0.4 is 4.74 Å². The second kappa shape index (κ2) is 11.5. The van der Waals surface area contributed by atoms with Crippen molar-refractivity contribution in [3.8, 4) is 16.9 Å². The van der Waals surface area contributed by atoms with Gasteiger partial charge in [0.05, 0.1) is 13.2 Å². The highest BCUT2D eigenvalue weighted by Gasteiger charge is 2.24. The number of halogens is 1. The third-order valence-corrected chi connectivity index (χ3v) is 5.67. The molecule has 8 heteroatoms. The molecule has 1 heterocycles. The predicted octanol–water partition coefficient (Wildman–Crippen LogP) is 5.36. The van der Waals surface area contributed by atoms with E-state index in [1.54, 1.807) is 6.07 Å². The van der Waals surface area contributed by atoms with E-state index in [2.05, 4.69) is 0 Å². The number of hydrogen-bond donors (Lipinski definition) is 1. The average Bonchev–Trinajstić information content (AvgIpc) is 2.86. The van der Waals surface area contributed by atoms with Crippen LogP contribution in [0.25, 0.3) is 11.1 Å². The van der Waals surface area contributed by atoms with Gasteiger partial charge in [0.25, 0.3) is 0 Å². The summed E-state index contributed by atoms with van der Waals surface area (Å²) in [7, 11) is 0. The van der Waals surface area contributed by atoms with Gasteiger partial charge in [-0.25, -0.2) is 9.18 Å². The predicted molar refractivity (Wildman–Crippen MR) is 126 cm³/mol. The molecule has 0 saturated carbocycles. The molecule has 3 aromatic carbocycles. The molecular formula is C27H26FNO6. The van der Waals surface area contributed by atoms with E-state index < -0.39 is 17.9 Å². The van der Waals surface area contributed by atoms with Gasteiger partial charge in [-0.2, -0.15) is 0 Å². The molecule has 1 aliphatic rings. The molecule has 4 rings (SSSR count). The first-order valence-corrected chi connectivity index (χ1v) is 11.4. The second-order valence-electron chi connectivity index (χ2n) is 8.16. The quantitative estimate of drug-likeness (QED) is 0.327. The van der Waals surface area contributed by atoms with Crippen molar-refractivity contribution < 1.29 is 33.4 Å². The van der Waals surface area contributed by atoms with Crippen LogP contribution in [0.1, 0.15) is 29.5 Å². The zero-order valence-corrected chi connectivity index (χ0v) is 19.1. The monoisotopic (exact) mass is 479 g/mol. The Labute approximate surface area is 202 Å². The zero-order valence-electron chi connectivity index (χ0n) is 19.1. The van der Waals surface area contributed by atoms with Gasteiger partial charge >= 0.3 is 12.1 Å². The SMILES string of the molecule is O=C(O)CCCOc1ccc(F)cc1-c1cccc2c1CN(OC(=O)OCc1ccccc1)CC2. The molecule has 3 aromatic rings. The van der Waals surface area contributed by atoms with E-state index in [4.69, 9.17) is 19.4 Å². The largest absolute Gasteiger partial charge is 0.528 e. The van der Waals surface area contributed by atoms with Crippen LogP contribution in [-0.4, -0.2) is 35.4 Å². The molecular weight excluding hydrogens is 453 g/mol. The first kappa shape index (κ1) is 24.2. The summed E-state index contributed by atoms with van der Waals surface area (Å²) in [4.78, 5) is 28.4. The fraction of sp³-hybridized carbons (Fsp3) is 0.259. The smallest absolute Gasteiger partial charge is 0.493 e. The Balaban J connectivity index is 1.47. The summed E-state index contributed by atoms with van der Waals surface area (Å²) in [6.45, 7) is 1.11. The molecule has 1 aliphatic heterocycles. The number of benzene rings is 3. The molecule has 0 spiro atoms. The second-order valence-corrected chi connectivity index (χ2v) is 8.16. The highest BCUT2D eigenvalue weighted by Crippen LogP contribution is 2.36. The number of nitrogens with zero attached hydrogens (tertiary/aromatic N) is 1. The van der Waals surface area contributed by atoms with Crippen LogP contribution in [0.5, 0.6) is 5.75 Å². The van der Waals surface area contributed by atoms with E-state index in [0.29, 0.717) is 37.2 Å². The zero-order chi connectivity index (χ0) is 24.6. The summed E-state index contributed by atoms with van der Waals surface area (Å²) in [5.41, 5.74) is 4.15. The molecule has 1 N–H and O–H groups in total. The molecule has 0 radical (unpaired) electrons. The number of aliphatic carboxylic acids is 1. The van der Waals surface area contributed by atoms with E-state index in [-0.39, 0.29) is 19.6 Å². The van der Waals surface area contributed by atoms with Crippen molar-refractivity contribution >= 4 is 12.1 Å². The number of hydroxylamine groups is 2. The van der Waals surface area contributed by atoms with Gasteiger partial charge in [-0.1, -0.05) is 48.5 Å². The van der Waals surface area contributed by atoms with Crippen molar-refractivity contribution in [1.29, 1.82) is 0 Å². The maximum Gasteiger partial charge on any atom is 0.528 e. The number of carboxylic acids is 1. The average molecular weight is 480 g/mol. The van der Waals surface area contributed by atoms with Gasteiger partial charge in [0.2, 0.25) is 0 Å². The summed E-state index contributed by atoms with van der Waals surface area (Å²) < 4.78 is 25.2. The fourth-order valence-electron chi connectivity index (χ4n) is 3.98. The topological polar surface area (TPSA) is 85.3 Å². The Kier molecular flexibility index (Phi) is 7.95. The molecule has 0 atom stereocenters. The van der Waals surface area contributed by atoms with Crippen LogP contribution in [0.15, 0.2) is 66.7 Å². The fourth-order valence-corrected chi connectivity index (χ4v) is 3.98. The van der Waals surface area contributed by atoms with Gasteiger partial charge in [0, 0.05) is 18.5 Å². The number of ether oxygens (including phenoxy) is 2. The molecule has 0 fully saturated rings. The van der Waals surface area contributed by atoms with E-state index >= 15 is 0 Å². The minimum atomic E-state index is -0.896. The summed E-state index contributed by atoms with van der Waals surface area (Å²) in [6, 6.07) is 19.4. The van der Waals surface area contributed by atoms with Gasteiger partial charge in [-0.05, 0) is 53.3 Å². The first-order valence-electron chi connectivity index (χ1n) is 11.4. The Hall–Kier alpha value is -3.91. The van der Waals surface area contributed by atoms with Gasteiger partial charge in [-0.15, -0.1) is 5.06 Å². The van der Waals surface area contributed by atoms with Crippen LogP contribution in [0.3, 0.4) is 0 Å². The van der Waals surface area contributed by atoms with E-state index in [1.165, 1.54) is 17.2 Å². The van der Waals surface area contributed by atoms with E-state index in [9.17, 15) is 14.0 Å². The van der Waals surface area contributed by atoms with Crippen molar-refractivity contribution in [1.82, 2.24) is 5.06 Å². The number of carbonyl (C=O) groups excluding carboxylic acids is 1. The Morgan fingerprint density at radius 3 is 2.63 bits per heavy atom. The van der Waals surface area contributed by atoms with Crippen LogP contribution in [0.2, 0.25) is 0 Å². The maximum absolute atomic E-state index is 14.2. The van der Waals surface area contributed by atoms with E-state index in [1.807, 2.05) is 48.5 Å². The lowest BCUT2D eigenvalue weighted by molar-refractivity contribution is -0.139. The summed E-state index contributed by atoms with van der Waals surface area (Å²) in [5, 5.41) is 10.4. The van der Waals surface area contributed by atoms with Crippen molar-refractivity contribution in [2.24, 2.45) is 0 Å². The van der Waals surface area contributed by atoms with Crippen LogP contribution in [-0.2, 0) is 33.9 Å². The minimum absolute atomic E-state index is 0.00999. The van der Waals surface area contributed by atoms with Gasteiger partial charge in [0.15, 0.2) is 0 Å². The number of fused-ring (bicyclic) bond motifs is 1. The normalized spacial score (nSPS) is 13.1. The van der Waals surface area contributed by atoms with Crippen molar-refractivity contribution in [2.75, 3.05) is 13.2 Å². The van der Waals surface area contributed by atoms with Crippen molar-refractivity contribution in [3.05, 3.63) is 89.2 Å². The third kappa shape index (κ3) is 6.58. The molecule has 7 nitrogen and oxygen atoms in total. The van der Waals surface area contributed by atoms with Crippen molar-refractivity contribution in [2.45, 2.75) is 32.4 Å². The third-order valence-electron chi connectivity index (χ3n) is 5.67. The molecule has 35 heavy (non-hydrogen) atoms. The minimum Gasteiger partial charge on any atom is -0.493 e. The Morgan fingerprint density at radius 1 is 1.00 bits per heavy atom. The Morgan fingerprint density at radius 2 is 1.83 bits per heavy atom. The molecule has 0 aliphatic carbocycles.